The summed E-state index contributed by atoms with van der Waals surface area (Å²) < 4.78 is 0. The van der Waals surface area contributed by atoms with Crippen LogP contribution in [0.4, 0.5) is 0 Å². The van der Waals surface area contributed by atoms with Gasteiger partial charge in [0.2, 0.25) is 0 Å². The van der Waals surface area contributed by atoms with Gasteiger partial charge in [0.25, 0.3) is 0 Å². The number of nitrogens with zero attached hydrogens (tertiary/aromatic N) is 1. The molecule has 4 aliphatic carbocycles. The van der Waals surface area contributed by atoms with E-state index in [0.717, 1.165) is 42.2 Å². The molecule has 1 N–H and O–H groups in total. The van der Waals surface area contributed by atoms with Gasteiger partial charge in [0.05, 0.1) is 0 Å². The van der Waals surface area contributed by atoms with Gasteiger partial charge >= 0.3 is 0 Å². The molecule has 6 atom stereocenters. The van der Waals surface area contributed by atoms with Gasteiger partial charge in [-0.25, -0.2) is 0 Å². The molecule has 0 aliphatic heterocycles. The van der Waals surface area contributed by atoms with Gasteiger partial charge in [-0.1, -0.05) is 26.0 Å². The third-order valence-electron chi connectivity index (χ3n) is 8.71. The number of aromatic nitrogens is 1. The van der Waals surface area contributed by atoms with Crippen molar-refractivity contribution in [1.82, 2.24) is 4.98 Å². The minimum absolute atomic E-state index is 0.333. The SMILES string of the molecule is CC12CCC3C(CCC4CC(=N)CC43C)C1CC=C2c1cccnc1. The van der Waals surface area contributed by atoms with Gasteiger partial charge in [-0.15, -0.1) is 0 Å². The zero-order chi connectivity index (χ0) is 17.2. The molecular formula is C23H30N2. The Hall–Kier alpha value is -1.44. The van der Waals surface area contributed by atoms with Crippen LogP contribution in [0.2, 0.25) is 0 Å². The van der Waals surface area contributed by atoms with Crippen LogP contribution in [-0.4, -0.2) is 10.7 Å². The Bertz CT molecular complexity index is 736. The number of rotatable bonds is 1. The van der Waals surface area contributed by atoms with Crippen LogP contribution in [0.3, 0.4) is 0 Å². The second-order valence-electron chi connectivity index (χ2n) is 9.69. The normalized spacial score (nSPS) is 45.5. The summed E-state index contributed by atoms with van der Waals surface area (Å²) in [7, 11) is 0. The van der Waals surface area contributed by atoms with E-state index in [2.05, 4.69) is 43.2 Å². The maximum atomic E-state index is 8.29. The Balaban J connectivity index is 1.47. The predicted octanol–water partition coefficient (Wildman–Crippen LogP) is 5.75. The number of hydrogen-bond donors (Lipinski definition) is 1. The van der Waals surface area contributed by atoms with E-state index in [1.54, 1.807) is 5.57 Å². The fraction of sp³-hybridized carbons (Fsp3) is 0.652. The molecular weight excluding hydrogens is 304 g/mol. The fourth-order valence-corrected chi connectivity index (χ4v) is 7.51. The minimum atomic E-state index is 0.333. The lowest BCUT2D eigenvalue weighted by Crippen LogP contribution is -2.49. The lowest BCUT2D eigenvalue weighted by molar-refractivity contribution is -0.0636. The number of allylic oxidation sites excluding steroid dienone is 2. The average molecular weight is 335 g/mol. The molecule has 0 amide bonds. The van der Waals surface area contributed by atoms with Crippen molar-refractivity contribution in [1.29, 1.82) is 5.41 Å². The zero-order valence-corrected chi connectivity index (χ0v) is 15.6. The summed E-state index contributed by atoms with van der Waals surface area (Å²) in [6.07, 6.45) is 15.3. The van der Waals surface area contributed by atoms with E-state index in [9.17, 15) is 0 Å². The minimum Gasteiger partial charge on any atom is -0.310 e. The smallest absolute Gasteiger partial charge is 0.0343 e. The molecule has 0 bridgehead atoms. The molecule has 3 saturated carbocycles. The molecule has 1 aromatic heterocycles. The maximum Gasteiger partial charge on any atom is 0.0343 e. The van der Waals surface area contributed by atoms with Crippen LogP contribution in [0.1, 0.15) is 64.4 Å². The van der Waals surface area contributed by atoms with E-state index in [0.29, 0.717) is 10.8 Å². The first kappa shape index (κ1) is 15.8. The average Bonchev–Trinajstić information content (AvgIpc) is 3.10. The van der Waals surface area contributed by atoms with Crippen molar-refractivity contribution in [2.24, 2.45) is 34.5 Å². The number of nitrogens with one attached hydrogen (secondary N) is 1. The van der Waals surface area contributed by atoms with Gasteiger partial charge in [-0.05, 0) is 96.7 Å². The van der Waals surface area contributed by atoms with E-state index in [1.807, 2.05) is 6.20 Å². The van der Waals surface area contributed by atoms with Crippen molar-refractivity contribution in [3.8, 4) is 0 Å². The van der Waals surface area contributed by atoms with Gasteiger partial charge in [-0.3, -0.25) is 4.98 Å². The molecule has 0 saturated heterocycles. The van der Waals surface area contributed by atoms with Gasteiger partial charge in [-0.2, -0.15) is 0 Å². The first-order valence-corrected chi connectivity index (χ1v) is 10.2. The molecule has 0 radical (unpaired) electrons. The van der Waals surface area contributed by atoms with E-state index in [1.165, 1.54) is 37.7 Å². The molecule has 5 rings (SSSR count). The summed E-state index contributed by atoms with van der Waals surface area (Å²) in [5.41, 5.74) is 4.68. The summed E-state index contributed by atoms with van der Waals surface area (Å²) >= 11 is 0. The van der Waals surface area contributed by atoms with Gasteiger partial charge < -0.3 is 5.41 Å². The van der Waals surface area contributed by atoms with Crippen molar-refractivity contribution in [2.75, 3.05) is 0 Å². The van der Waals surface area contributed by atoms with Crippen molar-refractivity contribution < 1.29 is 0 Å². The predicted molar refractivity (Wildman–Crippen MR) is 102 cm³/mol. The Morgan fingerprint density at radius 1 is 1.16 bits per heavy atom. The highest BCUT2D eigenvalue weighted by molar-refractivity contribution is 5.85. The summed E-state index contributed by atoms with van der Waals surface area (Å²) in [4.78, 5) is 4.38. The summed E-state index contributed by atoms with van der Waals surface area (Å²) in [6, 6.07) is 4.32. The molecule has 25 heavy (non-hydrogen) atoms. The van der Waals surface area contributed by atoms with Gasteiger partial charge in [0.1, 0.15) is 0 Å². The van der Waals surface area contributed by atoms with Gasteiger partial charge in [0, 0.05) is 18.1 Å². The topological polar surface area (TPSA) is 36.7 Å². The summed E-state index contributed by atoms with van der Waals surface area (Å²) in [5.74, 6) is 3.29. The van der Waals surface area contributed by atoms with Crippen molar-refractivity contribution in [3.05, 3.63) is 36.2 Å². The highest BCUT2D eigenvalue weighted by Gasteiger charge is 2.59. The molecule has 0 aromatic carbocycles. The summed E-state index contributed by atoms with van der Waals surface area (Å²) in [6.45, 7) is 5.06. The van der Waals surface area contributed by atoms with Crippen molar-refractivity contribution in [3.63, 3.8) is 0 Å². The highest BCUT2D eigenvalue weighted by atomic mass is 14.7. The zero-order valence-electron chi connectivity index (χ0n) is 15.6. The Kier molecular flexibility index (Phi) is 3.34. The van der Waals surface area contributed by atoms with Crippen molar-refractivity contribution in [2.45, 2.75) is 58.8 Å². The van der Waals surface area contributed by atoms with Crippen LogP contribution in [0.25, 0.3) is 5.57 Å². The third kappa shape index (κ3) is 2.09. The fourth-order valence-electron chi connectivity index (χ4n) is 7.51. The van der Waals surface area contributed by atoms with Crippen LogP contribution >= 0.6 is 0 Å². The second kappa shape index (κ2) is 5.28. The number of pyridine rings is 1. The lowest BCUT2D eigenvalue weighted by atomic mass is 9.47. The van der Waals surface area contributed by atoms with E-state index < -0.39 is 0 Å². The Morgan fingerprint density at radius 2 is 2.04 bits per heavy atom. The van der Waals surface area contributed by atoms with Crippen LogP contribution < -0.4 is 0 Å². The summed E-state index contributed by atoms with van der Waals surface area (Å²) in [5, 5.41) is 8.29. The molecule has 6 unspecified atom stereocenters. The Morgan fingerprint density at radius 3 is 2.84 bits per heavy atom. The van der Waals surface area contributed by atoms with E-state index in [4.69, 9.17) is 5.41 Å². The quantitative estimate of drug-likeness (QED) is 0.698. The largest absolute Gasteiger partial charge is 0.310 e. The lowest BCUT2D eigenvalue weighted by Gasteiger charge is -2.57. The monoisotopic (exact) mass is 334 g/mol. The molecule has 2 heteroatoms. The molecule has 1 aromatic rings. The molecule has 2 nitrogen and oxygen atoms in total. The molecule has 132 valence electrons. The number of hydrogen-bond acceptors (Lipinski definition) is 2. The second-order valence-corrected chi connectivity index (χ2v) is 9.69. The Labute approximate surface area is 151 Å². The maximum absolute atomic E-state index is 8.29. The number of fused-ring (bicyclic) bond motifs is 5. The standard InChI is InChI=1S/C23H30N2/c1-22-10-9-21-18(6-5-16-12-17(24)13-23(16,21)2)20(22)8-7-19(22)15-4-3-11-25-14-15/h3-4,7,11,14,16,18,20-21,24H,5-6,8-10,12-13H2,1-2H3. The molecule has 1 heterocycles. The highest BCUT2D eigenvalue weighted by Crippen LogP contribution is 2.67. The molecule has 4 aliphatic rings. The van der Waals surface area contributed by atoms with E-state index >= 15 is 0 Å². The van der Waals surface area contributed by atoms with E-state index in [-0.39, 0.29) is 0 Å². The van der Waals surface area contributed by atoms with Gasteiger partial charge in [0.15, 0.2) is 0 Å². The third-order valence-corrected chi connectivity index (χ3v) is 8.71. The van der Waals surface area contributed by atoms with Crippen LogP contribution in [-0.2, 0) is 0 Å². The van der Waals surface area contributed by atoms with Crippen LogP contribution in [0.15, 0.2) is 30.6 Å². The molecule has 0 spiro atoms. The first-order chi connectivity index (χ1) is 12.0. The van der Waals surface area contributed by atoms with Crippen LogP contribution in [0, 0.1) is 39.9 Å². The first-order valence-electron chi connectivity index (χ1n) is 10.2. The van der Waals surface area contributed by atoms with Crippen molar-refractivity contribution >= 4 is 11.3 Å². The van der Waals surface area contributed by atoms with Crippen LogP contribution in [0.5, 0.6) is 0 Å². The molecule has 3 fully saturated rings.